The first-order valence-corrected chi connectivity index (χ1v) is 7.24. The summed E-state index contributed by atoms with van der Waals surface area (Å²) < 4.78 is 5.06. The lowest BCUT2D eigenvalue weighted by Crippen LogP contribution is -2.31. The topological polar surface area (TPSA) is 67.4 Å². The van der Waals surface area contributed by atoms with Gasteiger partial charge in [-0.15, -0.1) is 0 Å². The quantitative estimate of drug-likeness (QED) is 0.876. The van der Waals surface area contributed by atoms with Gasteiger partial charge in [0.2, 0.25) is 5.91 Å². The van der Waals surface area contributed by atoms with Gasteiger partial charge in [-0.05, 0) is 36.5 Å². The molecule has 2 N–H and O–H groups in total. The summed E-state index contributed by atoms with van der Waals surface area (Å²) in [7, 11) is 1.66. The average molecular weight is 290 g/mol. The molecule has 0 radical (unpaired) electrons. The van der Waals surface area contributed by atoms with Crippen molar-refractivity contribution in [1.29, 1.82) is 0 Å². The zero-order chi connectivity index (χ0) is 15.5. The number of hydrogen-bond acceptors (Lipinski definition) is 3. The first-order chi connectivity index (χ1) is 9.98. The number of likely N-dealkylation sites (N-methyl/N-ethyl adjacent to an activating group) is 1. The highest BCUT2D eigenvalue weighted by molar-refractivity contribution is 5.91. The van der Waals surface area contributed by atoms with E-state index in [0.717, 1.165) is 18.4 Å². The molecule has 0 aromatic heterocycles. The van der Waals surface area contributed by atoms with E-state index in [4.69, 9.17) is 4.74 Å². The third-order valence-electron chi connectivity index (χ3n) is 3.64. The molecule has 0 atom stereocenters. The third-order valence-corrected chi connectivity index (χ3v) is 3.64. The lowest BCUT2D eigenvalue weighted by Gasteiger charge is -2.14. The molecule has 1 aromatic carbocycles. The highest BCUT2D eigenvalue weighted by atomic mass is 16.5. The van der Waals surface area contributed by atoms with Crippen LogP contribution in [0.25, 0.3) is 0 Å². The summed E-state index contributed by atoms with van der Waals surface area (Å²) in [6.07, 6.45) is 1.29. The number of hydrogen-bond donors (Lipinski definition) is 2. The van der Waals surface area contributed by atoms with Crippen LogP contribution in [-0.4, -0.2) is 25.7 Å². The van der Waals surface area contributed by atoms with Gasteiger partial charge in [-0.1, -0.05) is 26.0 Å². The van der Waals surface area contributed by atoms with Crippen molar-refractivity contribution >= 4 is 17.7 Å². The van der Waals surface area contributed by atoms with Gasteiger partial charge in [-0.3, -0.25) is 10.1 Å². The zero-order valence-corrected chi connectivity index (χ0v) is 12.7. The minimum absolute atomic E-state index is 0.0551. The Morgan fingerprint density at radius 3 is 2.33 bits per heavy atom. The van der Waals surface area contributed by atoms with Gasteiger partial charge in [-0.2, -0.15) is 0 Å². The molecule has 0 saturated heterocycles. The Hall–Kier alpha value is -2.04. The smallest absolute Gasteiger partial charge is 0.411 e. The summed E-state index contributed by atoms with van der Waals surface area (Å²) >= 11 is 0. The summed E-state index contributed by atoms with van der Waals surface area (Å²) in [5.41, 5.74) is 1.29. The molecule has 0 bridgehead atoms. The zero-order valence-electron chi connectivity index (χ0n) is 12.7. The summed E-state index contributed by atoms with van der Waals surface area (Å²) in [6.45, 7) is 4.36. The van der Waals surface area contributed by atoms with Crippen LogP contribution in [0.1, 0.15) is 32.3 Å². The maximum absolute atomic E-state index is 11.9. The van der Waals surface area contributed by atoms with Crippen molar-refractivity contribution in [2.24, 2.45) is 5.92 Å². The second kappa shape index (κ2) is 6.16. The van der Waals surface area contributed by atoms with Crippen LogP contribution < -0.4 is 10.6 Å². The van der Waals surface area contributed by atoms with Crippen LogP contribution in [0.5, 0.6) is 0 Å². The Morgan fingerprint density at radius 2 is 1.86 bits per heavy atom. The lowest BCUT2D eigenvalue weighted by molar-refractivity contribution is -0.123. The molecule has 0 heterocycles. The minimum atomic E-state index is -0.455. The maximum atomic E-state index is 11.9. The number of carbonyl (C=O) groups excluding carboxylic acids is 2. The van der Waals surface area contributed by atoms with E-state index in [9.17, 15) is 9.59 Å². The van der Waals surface area contributed by atoms with E-state index >= 15 is 0 Å². The van der Waals surface area contributed by atoms with Gasteiger partial charge < -0.3 is 10.1 Å². The molecule has 1 aromatic rings. The van der Waals surface area contributed by atoms with Crippen molar-refractivity contribution in [1.82, 2.24) is 5.32 Å². The maximum Gasteiger partial charge on any atom is 0.411 e. The van der Waals surface area contributed by atoms with Crippen LogP contribution in [0.4, 0.5) is 10.5 Å². The van der Waals surface area contributed by atoms with E-state index in [1.54, 1.807) is 19.2 Å². The van der Waals surface area contributed by atoms with Gasteiger partial charge in [0.25, 0.3) is 0 Å². The average Bonchev–Trinajstić information content (AvgIpc) is 3.27. The van der Waals surface area contributed by atoms with Crippen molar-refractivity contribution in [3.05, 3.63) is 29.8 Å². The Morgan fingerprint density at radius 1 is 1.24 bits per heavy atom. The van der Waals surface area contributed by atoms with Crippen molar-refractivity contribution in [2.45, 2.75) is 32.1 Å². The molecule has 0 aliphatic heterocycles. The van der Waals surface area contributed by atoms with Crippen LogP contribution in [0.3, 0.4) is 0 Å². The number of amides is 2. The van der Waals surface area contributed by atoms with Gasteiger partial charge in [0.05, 0.1) is 12.0 Å². The van der Waals surface area contributed by atoms with Crippen molar-refractivity contribution in [3.63, 3.8) is 0 Å². The first-order valence-electron chi connectivity index (χ1n) is 7.24. The van der Waals surface area contributed by atoms with Gasteiger partial charge in [0.15, 0.2) is 0 Å². The largest absolute Gasteiger partial charge is 0.449 e. The Kier molecular flexibility index (Phi) is 4.50. The van der Waals surface area contributed by atoms with E-state index in [1.165, 1.54) is 0 Å². The summed E-state index contributed by atoms with van der Waals surface area (Å²) in [5, 5.41) is 5.39. The molecule has 5 heteroatoms. The molecule has 1 fully saturated rings. The fourth-order valence-corrected chi connectivity index (χ4v) is 2.28. The van der Waals surface area contributed by atoms with Crippen LogP contribution >= 0.6 is 0 Å². The van der Waals surface area contributed by atoms with Gasteiger partial charge >= 0.3 is 6.09 Å². The van der Waals surface area contributed by atoms with E-state index in [1.807, 2.05) is 26.0 Å². The second-order valence-corrected chi connectivity index (χ2v) is 5.86. The van der Waals surface area contributed by atoms with Gasteiger partial charge in [-0.25, -0.2) is 4.79 Å². The highest BCUT2D eigenvalue weighted by Crippen LogP contribution is 2.48. The molecular formula is C16H22N2O3. The number of carbonyl (C=O) groups is 2. The Labute approximate surface area is 125 Å². The van der Waals surface area contributed by atoms with Crippen molar-refractivity contribution in [2.75, 3.05) is 19.0 Å². The first kappa shape index (κ1) is 15.4. The molecule has 1 aliphatic carbocycles. The summed E-state index contributed by atoms with van der Waals surface area (Å²) in [4.78, 5) is 23.5. The standard InChI is InChI=1S/C16H22N2O3/c1-11(2)10-21-15(20)18-13-6-4-12(5-7-13)16(8-9-16)14(19)17-3/h4-7,11H,8-10H2,1-3H3,(H,17,19)(H,18,20). The lowest BCUT2D eigenvalue weighted by atomic mass is 9.95. The van der Waals surface area contributed by atoms with E-state index in [2.05, 4.69) is 10.6 Å². The monoisotopic (exact) mass is 290 g/mol. The molecule has 0 unspecified atom stereocenters. The van der Waals surface area contributed by atoms with Crippen molar-refractivity contribution in [3.8, 4) is 0 Å². The van der Waals surface area contributed by atoms with Gasteiger partial charge in [0.1, 0.15) is 0 Å². The van der Waals surface area contributed by atoms with E-state index in [0.29, 0.717) is 18.2 Å². The molecule has 1 saturated carbocycles. The van der Waals surface area contributed by atoms with Gasteiger partial charge in [0, 0.05) is 12.7 Å². The number of ether oxygens (including phenoxy) is 1. The molecule has 5 nitrogen and oxygen atoms in total. The summed E-state index contributed by atoms with van der Waals surface area (Å²) in [5.74, 6) is 0.361. The van der Waals surface area contributed by atoms with E-state index < -0.39 is 6.09 Å². The molecule has 1 aliphatic rings. The van der Waals surface area contributed by atoms with Crippen LogP contribution in [-0.2, 0) is 14.9 Å². The minimum Gasteiger partial charge on any atom is -0.449 e. The van der Waals surface area contributed by atoms with Crippen LogP contribution in [0.2, 0.25) is 0 Å². The van der Waals surface area contributed by atoms with Crippen LogP contribution in [0, 0.1) is 5.92 Å². The highest BCUT2D eigenvalue weighted by Gasteiger charge is 2.50. The number of anilines is 1. The normalized spacial score (nSPS) is 15.4. The molecule has 21 heavy (non-hydrogen) atoms. The number of rotatable bonds is 5. The predicted octanol–water partition coefficient (Wildman–Crippen LogP) is 2.67. The molecular weight excluding hydrogens is 268 g/mol. The summed E-state index contributed by atoms with van der Waals surface area (Å²) in [6, 6.07) is 7.38. The second-order valence-electron chi connectivity index (χ2n) is 5.86. The predicted molar refractivity (Wildman–Crippen MR) is 81.2 cm³/mol. The Balaban J connectivity index is 1.97. The molecule has 2 rings (SSSR count). The Bertz CT molecular complexity index is 519. The molecule has 2 amide bonds. The van der Waals surface area contributed by atoms with Crippen molar-refractivity contribution < 1.29 is 14.3 Å². The molecule has 0 spiro atoms. The fraction of sp³-hybridized carbons (Fsp3) is 0.500. The fourth-order valence-electron chi connectivity index (χ4n) is 2.28. The van der Waals surface area contributed by atoms with Crippen LogP contribution in [0.15, 0.2) is 24.3 Å². The van der Waals surface area contributed by atoms with E-state index in [-0.39, 0.29) is 11.3 Å². The number of benzene rings is 1. The molecule has 114 valence electrons. The SMILES string of the molecule is CNC(=O)C1(c2ccc(NC(=O)OCC(C)C)cc2)CC1. The number of nitrogens with one attached hydrogen (secondary N) is 2. The third kappa shape index (κ3) is 3.54.